The second-order valence-corrected chi connectivity index (χ2v) is 5.53. The highest BCUT2D eigenvalue weighted by molar-refractivity contribution is 7.22. The Morgan fingerprint density at radius 3 is 3.00 bits per heavy atom. The normalized spacial score (nSPS) is 12.3. The highest BCUT2D eigenvalue weighted by Gasteiger charge is 2.11. The lowest BCUT2D eigenvalue weighted by molar-refractivity contribution is -0.116. The first-order chi connectivity index (χ1) is 9.62. The topological polar surface area (TPSA) is 77.2 Å². The third kappa shape index (κ3) is 3.68. The van der Waals surface area contributed by atoms with Crippen LogP contribution >= 0.6 is 11.3 Å². The Hall–Kier alpha value is -1.66. The summed E-state index contributed by atoms with van der Waals surface area (Å²) in [5.41, 5.74) is 6.62. The highest BCUT2D eigenvalue weighted by Crippen LogP contribution is 2.29. The smallest absolute Gasteiger partial charge is 0.227 e. The van der Waals surface area contributed by atoms with Gasteiger partial charge in [-0.3, -0.25) is 4.79 Å². The quantitative estimate of drug-likeness (QED) is 0.858. The van der Waals surface area contributed by atoms with E-state index in [1.165, 1.54) is 11.3 Å². The van der Waals surface area contributed by atoms with Gasteiger partial charge in [0.25, 0.3) is 0 Å². The Kier molecular flexibility index (Phi) is 4.92. The molecule has 0 saturated heterocycles. The van der Waals surface area contributed by atoms with Crippen LogP contribution in [-0.4, -0.2) is 23.5 Å². The minimum Gasteiger partial charge on any atom is -0.494 e. The maximum atomic E-state index is 11.8. The average molecular weight is 293 g/mol. The fourth-order valence-electron chi connectivity index (χ4n) is 1.77. The van der Waals surface area contributed by atoms with Gasteiger partial charge in [-0.2, -0.15) is 0 Å². The van der Waals surface area contributed by atoms with Gasteiger partial charge in [-0.15, -0.1) is 0 Å². The fourth-order valence-corrected chi connectivity index (χ4v) is 2.68. The van der Waals surface area contributed by atoms with Crippen LogP contribution in [0.5, 0.6) is 5.75 Å². The summed E-state index contributed by atoms with van der Waals surface area (Å²) in [4.78, 5) is 16.2. The van der Waals surface area contributed by atoms with E-state index in [2.05, 4.69) is 10.3 Å². The molecule has 108 valence electrons. The van der Waals surface area contributed by atoms with Crippen LogP contribution in [-0.2, 0) is 4.79 Å². The van der Waals surface area contributed by atoms with Gasteiger partial charge in [0.2, 0.25) is 5.91 Å². The third-order valence-electron chi connectivity index (χ3n) is 2.89. The lowest BCUT2D eigenvalue weighted by Gasteiger charge is -2.06. The molecule has 0 fully saturated rings. The molecule has 5 nitrogen and oxygen atoms in total. The van der Waals surface area contributed by atoms with E-state index in [0.717, 1.165) is 22.4 Å². The van der Waals surface area contributed by atoms with E-state index in [1.54, 1.807) is 0 Å². The van der Waals surface area contributed by atoms with Crippen molar-refractivity contribution in [3.8, 4) is 5.75 Å². The van der Waals surface area contributed by atoms with Crippen LogP contribution < -0.4 is 15.8 Å². The van der Waals surface area contributed by atoms with Crippen LogP contribution in [0.4, 0.5) is 5.13 Å². The zero-order valence-electron chi connectivity index (χ0n) is 11.7. The van der Waals surface area contributed by atoms with Crippen molar-refractivity contribution in [1.82, 2.24) is 4.98 Å². The molecule has 1 heterocycles. The molecule has 3 N–H and O–H groups in total. The maximum absolute atomic E-state index is 11.8. The second-order valence-electron chi connectivity index (χ2n) is 4.50. The van der Waals surface area contributed by atoms with Crippen LogP contribution in [0.15, 0.2) is 18.2 Å². The zero-order chi connectivity index (χ0) is 14.5. The number of rotatable bonds is 6. The zero-order valence-corrected chi connectivity index (χ0v) is 12.5. The van der Waals surface area contributed by atoms with Crippen LogP contribution in [0.2, 0.25) is 0 Å². The second kappa shape index (κ2) is 6.67. The Balaban J connectivity index is 2.09. The Labute approximate surface area is 122 Å². The molecular weight excluding hydrogens is 274 g/mol. The van der Waals surface area contributed by atoms with Gasteiger partial charge < -0.3 is 15.8 Å². The number of ether oxygens (including phenoxy) is 1. The van der Waals surface area contributed by atoms with Crippen LogP contribution in [0.3, 0.4) is 0 Å². The standard InChI is InChI=1S/C14H19N3O2S/c1-3-9(15)7-13(18)17-14-16-11-6-5-10(19-4-2)8-12(11)20-14/h5-6,8-9H,3-4,7,15H2,1-2H3,(H,16,17,18). The molecule has 0 aliphatic heterocycles. The number of anilines is 1. The van der Waals surface area contributed by atoms with Crippen LogP contribution in [0.1, 0.15) is 26.7 Å². The molecule has 1 amide bonds. The van der Waals surface area contributed by atoms with Crippen LogP contribution in [0, 0.1) is 0 Å². The Bertz CT molecular complexity index is 597. The molecule has 1 aromatic heterocycles. The van der Waals surface area contributed by atoms with Crippen molar-refractivity contribution in [1.29, 1.82) is 0 Å². The number of fused-ring (bicyclic) bond motifs is 1. The minimum atomic E-state index is -0.103. The molecule has 20 heavy (non-hydrogen) atoms. The number of nitrogens with two attached hydrogens (primary N) is 1. The van der Waals surface area contributed by atoms with E-state index in [0.29, 0.717) is 18.2 Å². The molecule has 0 saturated carbocycles. The molecule has 1 aromatic carbocycles. The predicted molar refractivity (Wildman–Crippen MR) is 82.3 cm³/mol. The number of nitrogens with zero attached hydrogens (tertiary/aromatic N) is 1. The third-order valence-corrected chi connectivity index (χ3v) is 3.82. The summed E-state index contributed by atoms with van der Waals surface area (Å²) in [6.45, 7) is 4.53. The van der Waals surface area contributed by atoms with Crippen molar-refractivity contribution in [3.63, 3.8) is 0 Å². The summed E-state index contributed by atoms with van der Waals surface area (Å²) >= 11 is 1.44. The molecule has 1 atom stereocenters. The van der Waals surface area contributed by atoms with Gasteiger partial charge in [-0.05, 0) is 31.5 Å². The Morgan fingerprint density at radius 2 is 2.30 bits per heavy atom. The number of carbonyl (C=O) groups excluding carboxylic acids is 1. The molecule has 0 bridgehead atoms. The van der Waals surface area contributed by atoms with E-state index < -0.39 is 0 Å². The number of benzene rings is 1. The number of hydrogen-bond acceptors (Lipinski definition) is 5. The van der Waals surface area contributed by atoms with Gasteiger partial charge in [0, 0.05) is 12.5 Å². The van der Waals surface area contributed by atoms with Crippen molar-refractivity contribution in [2.75, 3.05) is 11.9 Å². The van der Waals surface area contributed by atoms with E-state index in [-0.39, 0.29) is 11.9 Å². The predicted octanol–water partition coefficient (Wildman–Crippen LogP) is 2.76. The van der Waals surface area contributed by atoms with Gasteiger partial charge in [0.05, 0.1) is 16.8 Å². The Morgan fingerprint density at radius 1 is 1.50 bits per heavy atom. The van der Waals surface area contributed by atoms with E-state index in [4.69, 9.17) is 10.5 Å². The van der Waals surface area contributed by atoms with Crippen molar-refractivity contribution in [2.24, 2.45) is 5.73 Å². The molecule has 2 rings (SSSR count). The molecule has 6 heteroatoms. The van der Waals surface area contributed by atoms with Gasteiger partial charge in [-0.25, -0.2) is 4.98 Å². The summed E-state index contributed by atoms with van der Waals surface area (Å²) in [6, 6.07) is 5.60. The number of nitrogens with one attached hydrogen (secondary N) is 1. The monoisotopic (exact) mass is 293 g/mol. The minimum absolute atomic E-state index is 0.0940. The van der Waals surface area contributed by atoms with Crippen molar-refractivity contribution < 1.29 is 9.53 Å². The molecule has 2 aromatic rings. The van der Waals surface area contributed by atoms with Crippen LogP contribution in [0.25, 0.3) is 10.2 Å². The first-order valence-electron chi connectivity index (χ1n) is 6.71. The number of aromatic nitrogens is 1. The van der Waals surface area contributed by atoms with Gasteiger partial charge in [0.1, 0.15) is 5.75 Å². The first kappa shape index (κ1) is 14.7. The van der Waals surface area contributed by atoms with Gasteiger partial charge in [-0.1, -0.05) is 18.3 Å². The maximum Gasteiger partial charge on any atom is 0.227 e. The van der Waals surface area contributed by atoms with Gasteiger partial charge >= 0.3 is 0 Å². The number of carbonyl (C=O) groups is 1. The average Bonchev–Trinajstić information content (AvgIpc) is 2.80. The summed E-state index contributed by atoms with van der Waals surface area (Å²) in [6.07, 6.45) is 1.10. The van der Waals surface area contributed by atoms with Crippen molar-refractivity contribution in [3.05, 3.63) is 18.2 Å². The number of amides is 1. The highest BCUT2D eigenvalue weighted by atomic mass is 32.1. The molecule has 0 aliphatic rings. The van der Waals surface area contributed by atoms with E-state index in [9.17, 15) is 4.79 Å². The van der Waals surface area contributed by atoms with Crippen molar-refractivity contribution in [2.45, 2.75) is 32.7 Å². The largest absolute Gasteiger partial charge is 0.494 e. The first-order valence-corrected chi connectivity index (χ1v) is 7.52. The summed E-state index contributed by atoms with van der Waals surface area (Å²) in [5.74, 6) is 0.720. The molecule has 1 unspecified atom stereocenters. The molecule has 0 aliphatic carbocycles. The van der Waals surface area contributed by atoms with Gasteiger partial charge in [0.15, 0.2) is 5.13 Å². The number of hydrogen-bond donors (Lipinski definition) is 2. The lowest BCUT2D eigenvalue weighted by atomic mass is 10.2. The SMILES string of the molecule is CCOc1ccc2nc(NC(=O)CC(N)CC)sc2c1. The van der Waals surface area contributed by atoms with E-state index >= 15 is 0 Å². The lowest BCUT2D eigenvalue weighted by Crippen LogP contribution is -2.26. The fraction of sp³-hybridized carbons (Fsp3) is 0.429. The van der Waals surface area contributed by atoms with E-state index in [1.807, 2.05) is 32.0 Å². The summed E-state index contributed by atoms with van der Waals surface area (Å²) < 4.78 is 6.44. The number of thiazole rings is 1. The summed E-state index contributed by atoms with van der Waals surface area (Å²) in [5, 5.41) is 3.39. The summed E-state index contributed by atoms with van der Waals surface area (Å²) in [7, 11) is 0. The van der Waals surface area contributed by atoms with Crippen molar-refractivity contribution >= 4 is 32.6 Å². The molecule has 0 radical (unpaired) electrons. The molecule has 0 spiro atoms. The molecular formula is C14H19N3O2S.